The normalized spacial score (nSPS) is 26.0. The number of hydrogen-bond donors (Lipinski definition) is 1. The summed E-state index contributed by atoms with van der Waals surface area (Å²) >= 11 is 3.42. The van der Waals surface area contributed by atoms with Crippen LogP contribution in [0.5, 0.6) is 0 Å². The number of anilines is 1. The van der Waals surface area contributed by atoms with Gasteiger partial charge in [0.2, 0.25) is 0 Å². The van der Waals surface area contributed by atoms with E-state index in [4.69, 9.17) is 5.73 Å². The molecule has 1 saturated carbocycles. The molecule has 3 atom stereocenters. The summed E-state index contributed by atoms with van der Waals surface area (Å²) < 4.78 is 2.88. The van der Waals surface area contributed by atoms with Gasteiger partial charge in [0.25, 0.3) is 0 Å². The zero-order valence-corrected chi connectivity index (χ0v) is 13.9. The minimum atomic E-state index is 0.364. The van der Waals surface area contributed by atoms with E-state index in [2.05, 4.69) is 45.3 Å². The lowest BCUT2D eigenvalue weighted by Gasteiger charge is -2.34. The van der Waals surface area contributed by atoms with Crippen LogP contribution in [0.2, 0.25) is 0 Å². The van der Waals surface area contributed by atoms with Crippen molar-refractivity contribution in [3.05, 3.63) is 22.7 Å². The molecule has 0 aliphatic heterocycles. The van der Waals surface area contributed by atoms with Crippen LogP contribution >= 0.6 is 15.9 Å². The maximum absolute atomic E-state index is 5.98. The van der Waals surface area contributed by atoms with Gasteiger partial charge in [0.1, 0.15) is 0 Å². The first-order valence-corrected chi connectivity index (χ1v) is 8.20. The molecular formula is C15H20BrN5. The van der Waals surface area contributed by atoms with Gasteiger partial charge in [-0.3, -0.25) is 0 Å². The lowest BCUT2D eigenvalue weighted by Crippen LogP contribution is -2.28. The summed E-state index contributed by atoms with van der Waals surface area (Å²) in [4.78, 5) is 0. The van der Waals surface area contributed by atoms with E-state index in [9.17, 15) is 0 Å². The lowest BCUT2D eigenvalue weighted by molar-refractivity contribution is 0.174. The van der Waals surface area contributed by atoms with Crippen molar-refractivity contribution < 1.29 is 0 Å². The summed E-state index contributed by atoms with van der Waals surface area (Å²) in [5.41, 5.74) is 7.64. The molecule has 2 N–H and O–H groups in total. The molecule has 0 radical (unpaired) electrons. The summed E-state index contributed by atoms with van der Waals surface area (Å²) in [5, 5.41) is 12.4. The Bertz CT molecular complexity index is 639. The smallest absolute Gasteiger partial charge is 0.182 e. The quantitative estimate of drug-likeness (QED) is 0.839. The minimum absolute atomic E-state index is 0.364. The molecular weight excluding hydrogens is 330 g/mol. The molecule has 1 heterocycles. The van der Waals surface area contributed by atoms with Gasteiger partial charge in [0.05, 0.1) is 6.04 Å². The maximum atomic E-state index is 5.98. The second-order valence-electron chi connectivity index (χ2n) is 6.02. The standard InChI is InChI=1S/C15H20BrN5/c1-9-4-3-5-14(10(9)2)21-15(18-19-20-21)11-6-7-12(16)13(17)8-11/h6-10,14H,3-5,17H2,1-2H3. The highest BCUT2D eigenvalue weighted by Crippen LogP contribution is 2.39. The molecule has 3 unspecified atom stereocenters. The molecule has 112 valence electrons. The van der Waals surface area contributed by atoms with Crippen LogP contribution in [0.4, 0.5) is 5.69 Å². The number of rotatable bonds is 2. The van der Waals surface area contributed by atoms with E-state index in [-0.39, 0.29) is 0 Å². The predicted octanol–water partition coefficient (Wildman–Crippen LogP) is 3.68. The molecule has 0 bridgehead atoms. The van der Waals surface area contributed by atoms with E-state index in [0.717, 1.165) is 22.3 Å². The fourth-order valence-electron chi connectivity index (χ4n) is 3.19. The number of halogens is 1. The lowest BCUT2D eigenvalue weighted by atomic mass is 9.78. The monoisotopic (exact) mass is 349 g/mol. The SMILES string of the molecule is CC1CCCC(n2nnnc2-c2ccc(Br)c(N)c2)C1C. The average Bonchev–Trinajstić information content (AvgIpc) is 2.94. The molecule has 0 amide bonds. The van der Waals surface area contributed by atoms with Gasteiger partial charge in [-0.25, -0.2) is 4.68 Å². The Labute approximate surface area is 133 Å². The molecule has 1 aromatic heterocycles. The van der Waals surface area contributed by atoms with Gasteiger partial charge in [-0.1, -0.05) is 26.7 Å². The molecule has 1 aliphatic carbocycles. The Balaban J connectivity index is 1.98. The zero-order valence-electron chi connectivity index (χ0n) is 12.3. The average molecular weight is 350 g/mol. The summed E-state index contributed by atoms with van der Waals surface area (Å²) in [6.45, 7) is 4.62. The van der Waals surface area contributed by atoms with Gasteiger partial charge in [-0.05, 0) is 62.8 Å². The fourth-order valence-corrected chi connectivity index (χ4v) is 3.44. The van der Waals surface area contributed by atoms with Crippen LogP contribution in [0, 0.1) is 11.8 Å². The number of benzene rings is 1. The molecule has 2 aromatic rings. The number of tetrazole rings is 1. The molecule has 5 nitrogen and oxygen atoms in total. The van der Waals surface area contributed by atoms with Crippen molar-refractivity contribution in [2.24, 2.45) is 11.8 Å². The van der Waals surface area contributed by atoms with E-state index in [1.807, 2.05) is 22.9 Å². The van der Waals surface area contributed by atoms with Crippen molar-refractivity contribution >= 4 is 21.6 Å². The fraction of sp³-hybridized carbons (Fsp3) is 0.533. The summed E-state index contributed by atoms with van der Waals surface area (Å²) in [6.07, 6.45) is 3.66. The second kappa shape index (κ2) is 5.75. The molecule has 21 heavy (non-hydrogen) atoms. The highest BCUT2D eigenvalue weighted by Gasteiger charge is 2.31. The van der Waals surface area contributed by atoms with Crippen LogP contribution in [0.3, 0.4) is 0 Å². The van der Waals surface area contributed by atoms with Crippen molar-refractivity contribution in [3.8, 4) is 11.4 Å². The Morgan fingerprint density at radius 2 is 2.10 bits per heavy atom. The van der Waals surface area contributed by atoms with E-state index in [0.29, 0.717) is 23.6 Å². The highest BCUT2D eigenvalue weighted by atomic mass is 79.9. The molecule has 3 rings (SSSR count). The number of nitrogen functional groups attached to an aromatic ring is 1. The van der Waals surface area contributed by atoms with E-state index in [1.54, 1.807) is 0 Å². The third kappa shape index (κ3) is 2.69. The van der Waals surface area contributed by atoms with Crippen LogP contribution in [0.15, 0.2) is 22.7 Å². The molecule has 0 saturated heterocycles. The Kier molecular flexibility index (Phi) is 3.97. The van der Waals surface area contributed by atoms with Crippen molar-refractivity contribution in [1.82, 2.24) is 20.2 Å². The van der Waals surface area contributed by atoms with Crippen LogP contribution < -0.4 is 5.73 Å². The Morgan fingerprint density at radius 3 is 2.86 bits per heavy atom. The Hall–Kier alpha value is -1.43. The minimum Gasteiger partial charge on any atom is -0.398 e. The summed E-state index contributed by atoms with van der Waals surface area (Å²) in [7, 11) is 0. The first kappa shape index (κ1) is 14.5. The number of nitrogens with two attached hydrogens (primary N) is 1. The van der Waals surface area contributed by atoms with Gasteiger partial charge < -0.3 is 5.73 Å². The number of hydrogen-bond acceptors (Lipinski definition) is 4. The van der Waals surface area contributed by atoms with Crippen LogP contribution in [-0.2, 0) is 0 Å². The molecule has 0 spiro atoms. The van der Waals surface area contributed by atoms with Crippen LogP contribution in [-0.4, -0.2) is 20.2 Å². The van der Waals surface area contributed by atoms with Crippen molar-refractivity contribution in [1.29, 1.82) is 0 Å². The zero-order chi connectivity index (χ0) is 15.0. The van der Waals surface area contributed by atoms with Gasteiger partial charge in [0, 0.05) is 15.7 Å². The first-order chi connectivity index (χ1) is 10.1. The third-order valence-corrected chi connectivity index (χ3v) is 5.45. The van der Waals surface area contributed by atoms with E-state index in [1.165, 1.54) is 12.8 Å². The summed E-state index contributed by atoms with van der Waals surface area (Å²) in [6, 6.07) is 6.22. The molecule has 6 heteroatoms. The molecule has 1 aromatic carbocycles. The topological polar surface area (TPSA) is 69.6 Å². The van der Waals surface area contributed by atoms with Crippen molar-refractivity contribution in [2.75, 3.05) is 5.73 Å². The predicted molar refractivity (Wildman–Crippen MR) is 86.6 cm³/mol. The summed E-state index contributed by atoms with van der Waals surface area (Å²) in [5.74, 6) is 2.09. The molecule has 1 aliphatic rings. The number of aromatic nitrogens is 4. The van der Waals surface area contributed by atoms with E-state index >= 15 is 0 Å². The number of nitrogens with zero attached hydrogens (tertiary/aromatic N) is 4. The van der Waals surface area contributed by atoms with Gasteiger partial charge >= 0.3 is 0 Å². The largest absolute Gasteiger partial charge is 0.398 e. The van der Waals surface area contributed by atoms with E-state index < -0.39 is 0 Å². The second-order valence-corrected chi connectivity index (χ2v) is 6.87. The van der Waals surface area contributed by atoms with Gasteiger partial charge in [-0.15, -0.1) is 5.10 Å². The molecule has 1 fully saturated rings. The third-order valence-electron chi connectivity index (χ3n) is 4.72. The Morgan fingerprint density at radius 1 is 1.29 bits per heavy atom. The van der Waals surface area contributed by atoms with Crippen molar-refractivity contribution in [3.63, 3.8) is 0 Å². The van der Waals surface area contributed by atoms with Gasteiger partial charge in [-0.2, -0.15) is 0 Å². The van der Waals surface area contributed by atoms with Crippen molar-refractivity contribution in [2.45, 2.75) is 39.2 Å². The first-order valence-electron chi connectivity index (χ1n) is 7.41. The maximum Gasteiger partial charge on any atom is 0.182 e. The van der Waals surface area contributed by atoms with Gasteiger partial charge in [0.15, 0.2) is 5.82 Å². The highest BCUT2D eigenvalue weighted by molar-refractivity contribution is 9.10. The van der Waals surface area contributed by atoms with Crippen LogP contribution in [0.1, 0.15) is 39.2 Å². The van der Waals surface area contributed by atoms with Crippen LogP contribution in [0.25, 0.3) is 11.4 Å².